The van der Waals surface area contributed by atoms with Gasteiger partial charge in [0.15, 0.2) is 18.9 Å². The zero-order valence-electron chi connectivity index (χ0n) is 76.5. The minimum atomic E-state index is -1.46. The molecular formula is C88H156N10O30. The van der Waals surface area contributed by atoms with Crippen LogP contribution in [-0.2, 0) is 100 Å². The average molecular weight is 1830 g/mol. The number of allylic oxidation sites excluding steroid dienone is 1. The molecule has 10 amide bonds. The number of nitrogens with one attached hydrogen (secondary N) is 10. The normalized spacial score (nSPS) is 22.8. The molecule has 19 N–H and O–H groups in total. The van der Waals surface area contributed by atoms with Gasteiger partial charge in [-0.25, -0.2) is 0 Å². The summed E-state index contributed by atoms with van der Waals surface area (Å²) in [6, 6.07) is -3.28. The molecule has 0 aromatic heterocycles. The van der Waals surface area contributed by atoms with Gasteiger partial charge in [-0.2, -0.15) is 0 Å². The van der Waals surface area contributed by atoms with Crippen molar-refractivity contribution in [2.75, 3.05) is 119 Å². The van der Waals surface area contributed by atoms with E-state index >= 15 is 0 Å². The topological polar surface area (TPSA) is 590 Å². The maximum absolute atomic E-state index is 14.1. The highest BCUT2D eigenvalue weighted by Crippen LogP contribution is 2.27. The van der Waals surface area contributed by atoms with Crippen LogP contribution in [0.1, 0.15) is 253 Å². The molecule has 40 nitrogen and oxygen atoms in total. The van der Waals surface area contributed by atoms with Crippen molar-refractivity contribution in [1.29, 1.82) is 0 Å². The van der Waals surface area contributed by atoms with E-state index in [9.17, 15) is 103 Å². The lowest BCUT2D eigenvalue weighted by atomic mass is 9.96. The van der Waals surface area contributed by atoms with Gasteiger partial charge in [-0.1, -0.05) is 84.6 Å². The molecule has 3 rings (SSSR count). The number of rotatable bonds is 73. The van der Waals surface area contributed by atoms with E-state index in [0.29, 0.717) is 90.0 Å². The Hall–Kier alpha value is -6.94. The molecule has 6 unspecified atom stereocenters. The maximum atomic E-state index is 14.1. The largest absolute Gasteiger partial charge is 0.394 e. The van der Waals surface area contributed by atoms with Crippen molar-refractivity contribution in [3.05, 3.63) is 12.2 Å². The third-order valence-electron chi connectivity index (χ3n) is 21.5. The van der Waals surface area contributed by atoms with Gasteiger partial charge in [0.05, 0.1) is 59.5 Å². The first-order chi connectivity index (χ1) is 61.2. The first kappa shape index (κ1) is 115. The lowest BCUT2D eigenvalue weighted by Gasteiger charge is -2.42. The fraction of sp³-hybridized carbons (Fsp3) is 0.841. The number of ketones is 2. The van der Waals surface area contributed by atoms with E-state index in [1.165, 1.54) is 20.8 Å². The lowest BCUT2D eigenvalue weighted by molar-refractivity contribution is -0.270. The summed E-state index contributed by atoms with van der Waals surface area (Å²) < 4.78 is 52.4. The Morgan fingerprint density at radius 1 is 0.312 bits per heavy atom. The van der Waals surface area contributed by atoms with Crippen LogP contribution in [0.25, 0.3) is 0 Å². The van der Waals surface area contributed by atoms with Gasteiger partial charge in [-0.05, 0) is 101 Å². The van der Waals surface area contributed by atoms with Gasteiger partial charge in [0.25, 0.3) is 0 Å². The number of Topliss-reactive ketones (excluding diaryl/α,β-unsaturated/α-hetero) is 2. The first-order valence-corrected chi connectivity index (χ1v) is 46.1. The Morgan fingerprint density at radius 2 is 0.578 bits per heavy atom. The van der Waals surface area contributed by atoms with Crippen LogP contribution >= 0.6 is 0 Å². The first-order valence-electron chi connectivity index (χ1n) is 46.1. The van der Waals surface area contributed by atoms with Gasteiger partial charge < -0.3 is 142 Å². The summed E-state index contributed by atoms with van der Waals surface area (Å²) in [6.45, 7) is 9.02. The molecule has 3 heterocycles. The molecule has 0 radical (unpaired) electrons. The van der Waals surface area contributed by atoms with Gasteiger partial charge in [0.1, 0.15) is 90.2 Å². The second-order valence-electron chi connectivity index (χ2n) is 34.3. The van der Waals surface area contributed by atoms with Crippen molar-refractivity contribution in [2.24, 2.45) is 5.41 Å². The van der Waals surface area contributed by atoms with E-state index < -0.39 is 135 Å². The molecule has 0 aromatic rings. The smallest absolute Gasteiger partial charge is 0.243 e. The molecule has 3 fully saturated rings. The van der Waals surface area contributed by atoms with Crippen molar-refractivity contribution < 1.29 is 146 Å². The molecule has 3 aliphatic rings. The number of aliphatic hydroxyl groups is 9. The predicted molar refractivity (Wildman–Crippen MR) is 466 cm³/mol. The summed E-state index contributed by atoms with van der Waals surface area (Å²) in [6.07, 6.45) is 5.42. The molecular weight excluding hydrogens is 1680 g/mol. The number of amides is 10. The molecule has 3 saturated heterocycles. The van der Waals surface area contributed by atoms with Crippen molar-refractivity contribution in [1.82, 2.24) is 53.2 Å². The number of ether oxygens (including phenoxy) is 9. The number of hydrogen-bond donors (Lipinski definition) is 19. The summed E-state index contributed by atoms with van der Waals surface area (Å²) in [5, 5.41) is 119. The quantitative estimate of drug-likeness (QED) is 0.0283. The van der Waals surface area contributed by atoms with E-state index in [-0.39, 0.29) is 202 Å². The van der Waals surface area contributed by atoms with E-state index in [0.717, 1.165) is 77.0 Å². The zero-order chi connectivity index (χ0) is 94.5. The van der Waals surface area contributed by atoms with Crippen LogP contribution < -0.4 is 53.2 Å². The second kappa shape index (κ2) is 68.1. The minimum Gasteiger partial charge on any atom is -0.394 e. The summed E-state index contributed by atoms with van der Waals surface area (Å²) in [4.78, 5) is 152. The molecule has 3 aliphatic heterocycles. The van der Waals surface area contributed by atoms with Gasteiger partial charge >= 0.3 is 0 Å². The summed E-state index contributed by atoms with van der Waals surface area (Å²) in [5.41, 5.74) is -1.48. The van der Waals surface area contributed by atoms with Gasteiger partial charge in [-0.3, -0.25) is 57.5 Å². The number of hydrogen-bond acceptors (Lipinski definition) is 30. The van der Waals surface area contributed by atoms with E-state index in [2.05, 4.69) is 53.2 Å². The fourth-order valence-electron chi connectivity index (χ4n) is 14.2. The van der Waals surface area contributed by atoms with E-state index in [4.69, 9.17) is 42.6 Å². The highest BCUT2D eigenvalue weighted by molar-refractivity contribution is 5.87. The Balaban J connectivity index is 1.59. The SMILES string of the molecule is CC(=O)NC1[C@H](OCCCCC(=O)CCCCNC(=O)CCOCC(COCCC(=O)NCCCNC(=O)CCCCO[C@@H]2OC(CO)[C@@H](O)[C@H](O)C2NC(C)=O)(COCCC(=O)NCCCNC(=O)CCCCO[C@@H]2OC(CO)[C@@H](O)[C@H](O)C2NC(C)=O)NC(=O)CCCCCCCCCCC(=O)CCCCCCCNC(=O)/C=C/C(C)(C)C)OC(CO)[C@@H](O)[C@@H]1O. The standard InChI is InChI=1S/C88H156N10O30/c1-60(102)95-75-81(117)78(114)65(54-99)126-84(75)123-48-25-20-33-64(106)32-19-24-43-90-71(110)38-51-120-57-88(98-74(113)36-18-14-10-8-7-9-12-16-30-63(105)31-17-13-11-15-23-42-89-70(109)37-41-87(4,5)6,58-121-52-39-72(111)93-46-28-44-91-68(107)34-21-26-49-124-85-76(96-61(2)103)82(118)79(115)66(55-100)127-85)59-122-53-40-73(112)94-47-29-45-92-69(108)35-22-27-50-125-86-77(97-62(3)104)83(119)80(116)67(56-101)128-86/h37,41,65-67,75-86,99-101,114-119H,7-36,38-40,42-59H2,1-6H3,(H,89,109)(H,90,110)(H,91,107)(H,92,108)(H,93,111)(H,94,112)(H,95,102)(H,96,103)(H,97,104)(H,98,113)/b41-37+/t65?,66?,67?,75?,76?,77?,78-,79-,80-,81-,82-,83-,84-,85-,86-,88?/m1/s1. The van der Waals surface area contributed by atoms with Crippen LogP contribution in [0.15, 0.2) is 12.2 Å². The van der Waals surface area contributed by atoms with Crippen LogP contribution in [0.4, 0.5) is 0 Å². The highest BCUT2D eigenvalue weighted by atomic mass is 16.7. The Kier molecular flexibility index (Phi) is 61.3. The van der Waals surface area contributed by atoms with Crippen LogP contribution in [0.3, 0.4) is 0 Å². The van der Waals surface area contributed by atoms with Crippen molar-refractivity contribution >= 4 is 70.6 Å². The Bertz CT molecular complexity index is 2970. The summed E-state index contributed by atoms with van der Waals surface area (Å²) in [7, 11) is 0. The van der Waals surface area contributed by atoms with Crippen molar-refractivity contribution in [2.45, 2.75) is 351 Å². The van der Waals surface area contributed by atoms with Crippen molar-refractivity contribution in [3.8, 4) is 0 Å². The molecule has 0 spiro atoms. The average Bonchev–Trinajstić information content (AvgIpc) is 0.807. The van der Waals surface area contributed by atoms with Crippen LogP contribution in [-0.4, -0.2) is 333 Å². The third-order valence-corrected chi connectivity index (χ3v) is 21.5. The Labute approximate surface area is 753 Å². The van der Waals surface area contributed by atoms with Gasteiger partial charge in [-0.15, -0.1) is 0 Å². The zero-order valence-corrected chi connectivity index (χ0v) is 76.5. The number of carbonyl (C=O) groups is 12. The molecule has 0 aliphatic carbocycles. The fourth-order valence-corrected chi connectivity index (χ4v) is 14.2. The Morgan fingerprint density at radius 3 is 0.906 bits per heavy atom. The van der Waals surface area contributed by atoms with Gasteiger partial charge in [0, 0.05) is 144 Å². The maximum Gasteiger partial charge on any atom is 0.243 e. The number of aliphatic hydroxyl groups excluding tert-OH is 9. The van der Waals surface area contributed by atoms with Crippen LogP contribution in [0, 0.1) is 5.41 Å². The summed E-state index contributed by atoms with van der Waals surface area (Å²) in [5.74, 6) is -3.21. The van der Waals surface area contributed by atoms with Crippen LogP contribution in [0.2, 0.25) is 0 Å². The third kappa shape index (κ3) is 52.3. The lowest BCUT2D eigenvalue weighted by Crippen LogP contribution is -2.64. The van der Waals surface area contributed by atoms with Crippen LogP contribution in [0.5, 0.6) is 0 Å². The van der Waals surface area contributed by atoms with E-state index in [1.54, 1.807) is 6.08 Å². The predicted octanol–water partition coefficient (Wildman–Crippen LogP) is 0.0831. The molecule has 0 saturated carbocycles. The van der Waals surface area contributed by atoms with Crippen molar-refractivity contribution in [3.63, 3.8) is 0 Å². The molecule has 0 aromatic carbocycles. The molecule has 0 bridgehead atoms. The monoisotopic (exact) mass is 1830 g/mol. The molecule has 40 heteroatoms. The molecule has 128 heavy (non-hydrogen) atoms. The van der Waals surface area contributed by atoms with Gasteiger partial charge in [0.2, 0.25) is 59.1 Å². The van der Waals surface area contributed by atoms with E-state index in [1.807, 2.05) is 26.8 Å². The second-order valence-corrected chi connectivity index (χ2v) is 34.3. The number of unbranched alkanes of at least 4 members (excludes halogenated alkanes) is 15. The summed E-state index contributed by atoms with van der Waals surface area (Å²) >= 11 is 0. The molecule has 15 atom stereocenters. The highest BCUT2D eigenvalue weighted by Gasteiger charge is 2.48. The molecule has 738 valence electrons. The number of carbonyl (C=O) groups excluding carboxylic acids is 12. The minimum absolute atomic E-state index is 0.00167.